The first-order valence-electron chi connectivity index (χ1n) is 11.7. The topological polar surface area (TPSA) is 119 Å². The molecule has 9 nitrogen and oxygen atoms in total. The van der Waals surface area contributed by atoms with E-state index in [0.717, 1.165) is 36.3 Å². The van der Waals surface area contributed by atoms with Gasteiger partial charge < -0.3 is 29.9 Å². The summed E-state index contributed by atoms with van der Waals surface area (Å²) in [7, 11) is 1.56. The fourth-order valence-corrected chi connectivity index (χ4v) is 5.17. The van der Waals surface area contributed by atoms with Gasteiger partial charge in [0.15, 0.2) is 0 Å². The van der Waals surface area contributed by atoms with Crippen LogP contribution in [0.5, 0.6) is 6.01 Å². The Labute approximate surface area is 202 Å². The predicted molar refractivity (Wildman–Crippen MR) is 131 cm³/mol. The number of aliphatic hydroxyl groups is 3. The summed E-state index contributed by atoms with van der Waals surface area (Å²) in [5.74, 6) is -2.05. The Kier molecular flexibility index (Phi) is 6.07. The van der Waals surface area contributed by atoms with Crippen molar-refractivity contribution in [2.24, 2.45) is 0 Å². The number of rotatable bonds is 4. The van der Waals surface area contributed by atoms with Crippen LogP contribution in [0.3, 0.4) is 0 Å². The number of anilines is 1. The van der Waals surface area contributed by atoms with Gasteiger partial charge in [-0.05, 0) is 41.5 Å². The van der Waals surface area contributed by atoms with E-state index in [1.165, 1.54) is 21.2 Å². The Hall–Kier alpha value is -4.01. The minimum absolute atomic E-state index is 0.315. The molecule has 9 heteroatoms. The van der Waals surface area contributed by atoms with Crippen molar-refractivity contribution < 1.29 is 24.9 Å². The quantitative estimate of drug-likeness (QED) is 0.387. The molecule has 1 amide bonds. The Balaban J connectivity index is 1.40. The summed E-state index contributed by atoms with van der Waals surface area (Å²) in [5.41, 5.74) is 3.43. The highest BCUT2D eigenvalue weighted by molar-refractivity contribution is 5.91. The molecule has 5 rings (SSSR count). The molecule has 2 aliphatic rings. The molecule has 0 saturated carbocycles. The molecule has 0 spiro atoms. The van der Waals surface area contributed by atoms with Gasteiger partial charge in [0.05, 0.1) is 12.8 Å². The third-order valence-electron chi connectivity index (χ3n) is 6.96. The maximum absolute atomic E-state index is 12.2. The van der Waals surface area contributed by atoms with Gasteiger partial charge in [0.1, 0.15) is 5.82 Å². The van der Waals surface area contributed by atoms with E-state index in [1.54, 1.807) is 7.11 Å². The van der Waals surface area contributed by atoms with Crippen LogP contribution in [0.4, 0.5) is 5.82 Å². The van der Waals surface area contributed by atoms with E-state index in [2.05, 4.69) is 52.3 Å². The van der Waals surface area contributed by atoms with Crippen LogP contribution in [-0.2, 0) is 17.6 Å². The number of piperazine rings is 1. The largest absolute Gasteiger partial charge is 0.498 e. The molecule has 1 atom stereocenters. The lowest BCUT2D eigenvalue weighted by Gasteiger charge is -2.37. The van der Waals surface area contributed by atoms with E-state index in [1.807, 2.05) is 0 Å². The minimum Gasteiger partial charge on any atom is -0.498 e. The highest BCUT2D eigenvalue weighted by atomic mass is 16.5. The van der Waals surface area contributed by atoms with Gasteiger partial charge in [0, 0.05) is 31.7 Å². The average molecular weight is 477 g/mol. The summed E-state index contributed by atoms with van der Waals surface area (Å²) in [6.07, 6.45) is 2.61. The van der Waals surface area contributed by atoms with Gasteiger partial charge in [0.2, 0.25) is 0 Å². The van der Waals surface area contributed by atoms with Crippen LogP contribution >= 0.6 is 0 Å². The molecule has 3 N–H and O–H groups in total. The third-order valence-corrected chi connectivity index (χ3v) is 6.96. The van der Waals surface area contributed by atoms with Gasteiger partial charge in [-0.3, -0.25) is 4.79 Å². The second-order valence-corrected chi connectivity index (χ2v) is 8.92. The van der Waals surface area contributed by atoms with E-state index in [0.29, 0.717) is 38.1 Å². The molecule has 35 heavy (non-hydrogen) atoms. The molecule has 182 valence electrons. The van der Waals surface area contributed by atoms with Gasteiger partial charge in [-0.2, -0.15) is 9.97 Å². The van der Waals surface area contributed by atoms with Gasteiger partial charge in [0.25, 0.3) is 11.7 Å². The van der Waals surface area contributed by atoms with Crippen LogP contribution in [0, 0.1) is 0 Å². The number of methoxy groups -OCH3 is 1. The lowest BCUT2D eigenvalue weighted by atomic mass is 9.80. The number of hydrogen-bond donors (Lipinski definition) is 3. The fourth-order valence-electron chi connectivity index (χ4n) is 5.17. The first kappa shape index (κ1) is 22.8. The number of hydrogen-bond acceptors (Lipinski definition) is 8. The molecule has 1 fully saturated rings. The standard InChI is InChI=1S/C26H28N4O5/c1-35-26-27-21-15-17(19-8-4-6-16-5-2-3-7-18(16)19)9-10-20(21)23(28-26)29-11-13-30(14-12-29)24(32)22(31)25(33)34/h2-8,17,31,33-34H,9-15H2,1H3. The lowest BCUT2D eigenvalue weighted by molar-refractivity contribution is -0.131. The van der Waals surface area contributed by atoms with Crippen molar-refractivity contribution in [1.82, 2.24) is 14.9 Å². The maximum Gasteiger partial charge on any atom is 0.324 e. The number of aliphatic hydroxyl groups excluding tert-OH is 2. The second kappa shape index (κ2) is 9.32. The van der Waals surface area contributed by atoms with E-state index in [4.69, 9.17) is 19.9 Å². The molecular formula is C26H28N4O5. The number of carbonyl (C=O) groups is 1. The first-order chi connectivity index (χ1) is 17.0. The fraction of sp³-hybridized carbons (Fsp3) is 0.346. The van der Waals surface area contributed by atoms with Crippen molar-refractivity contribution in [1.29, 1.82) is 0 Å². The van der Waals surface area contributed by atoms with Crippen LogP contribution in [0.15, 0.2) is 54.2 Å². The molecule has 0 bridgehead atoms. The van der Waals surface area contributed by atoms with Crippen LogP contribution in [0.25, 0.3) is 10.8 Å². The Morgan fingerprint density at radius 3 is 2.49 bits per heavy atom. The van der Waals surface area contributed by atoms with Gasteiger partial charge in [-0.1, -0.05) is 42.5 Å². The summed E-state index contributed by atoms with van der Waals surface area (Å²) in [6.45, 7) is 1.61. The van der Waals surface area contributed by atoms with Gasteiger partial charge >= 0.3 is 12.0 Å². The summed E-state index contributed by atoms with van der Waals surface area (Å²) >= 11 is 0. The second-order valence-electron chi connectivity index (χ2n) is 8.92. The average Bonchev–Trinajstić information content (AvgIpc) is 2.91. The van der Waals surface area contributed by atoms with Crippen molar-refractivity contribution in [3.05, 3.63) is 71.0 Å². The van der Waals surface area contributed by atoms with Crippen LogP contribution in [0.1, 0.15) is 29.2 Å². The minimum atomic E-state index is -1.37. The van der Waals surface area contributed by atoms with Crippen LogP contribution in [-0.4, -0.2) is 69.4 Å². The highest BCUT2D eigenvalue weighted by Gasteiger charge is 2.31. The third kappa shape index (κ3) is 4.29. The molecule has 1 aromatic heterocycles. The van der Waals surface area contributed by atoms with Crippen molar-refractivity contribution in [2.75, 3.05) is 38.2 Å². The summed E-state index contributed by atoms with van der Waals surface area (Å²) in [4.78, 5) is 25.1. The van der Waals surface area contributed by atoms with Gasteiger partial charge in [-0.25, -0.2) is 0 Å². The zero-order chi connectivity index (χ0) is 24.5. The van der Waals surface area contributed by atoms with Crippen molar-refractivity contribution in [2.45, 2.75) is 25.2 Å². The molecule has 2 heterocycles. The zero-order valence-corrected chi connectivity index (χ0v) is 19.5. The maximum atomic E-state index is 12.2. The van der Waals surface area contributed by atoms with Crippen LogP contribution < -0.4 is 9.64 Å². The molecule has 1 saturated heterocycles. The monoisotopic (exact) mass is 476 g/mol. The number of amides is 1. The molecule has 3 aromatic rings. The van der Waals surface area contributed by atoms with E-state index >= 15 is 0 Å². The summed E-state index contributed by atoms with van der Waals surface area (Å²) < 4.78 is 5.43. The smallest absolute Gasteiger partial charge is 0.324 e. The van der Waals surface area contributed by atoms with Crippen molar-refractivity contribution >= 4 is 22.5 Å². The Morgan fingerprint density at radius 2 is 1.74 bits per heavy atom. The number of fused-ring (bicyclic) bond motifs is 2. The number of carbonyl (C=O) groups excluding carboxylic acids is 1. The van der Waals surface area contributed by atoms with E-state index < -0.39 is 17.6 Å². The number of ether oxygens (including phenoxy) is 1. The summed E-state index contributed by atoms with van der Waals surface area (Å²) in [5, 5.41) is 30.1. The lowest BCUT2D eigenvalue weighted by Crippen LogP contribution is -2.50. The normalized spacial score (nSPS) is 17.7. The number of nitrogens with zero attached hydrogens (tertiary/aromatic N) is 4. The molecule has 1 aliphatic heterocycles. The highest BCUT2D eigenvalue weighted by Crippen LogP contribution is 2.39. The Bertz CT molecular complexity index is 1290. The van der Waals surface area contributed by atoms with E-state index in [-0.39, 0.29) is 0 Å². The molecule has 1 aliphatic carbocycles. The molecule has 2 aromatic carbocycles. The predicted octanol–water partition coefficient (Wildman–Crippen LogP) is 3.40. The van der Waals surface area contributed by atoms with Gasteiger partial charge in [-0.15, -0.1) is 0 Å². The SMILES string of the molecule is COc1nc2c(c(N3CCN(C(=O)C(O)=C(O)O)CC3)n1)CCC(c1cccc3ccccc13)C2. The van der Waals surface area contributed by atoms with E-state index in [9.17, 15) is 9.90 Å². The number of aromatic nitrogens is 2. The van der Waals surface area contributed by atoms with Crippen LogP contribution in [0.2, 0.25) is 0 Å². The van der Waals surface area contributed by atoms with Crippen molar-refractivity contribution in [3.63, 3.8) is 0 Å². The number of benzene rings is 2. The van der Waals surface area contributed by atoms with Crippen molar-refractivity contribution in [3.8, 4) is 6.01 Å². The first-order valence-corrected chi connectivity index (χ1v) is 11.7. The zero-order valence-electron chi connectivity index (χ0n) is 19.5. The Morgan fingerprint density at radius 1 is 1.00 bits per heavy atom. The summed E-state index contributed by atoms with van der Waals surface area (Å²) in [6, 6.07) is 15.2. The molecule has 1 unspecified atom stereocenters. The molecular weight excluding hydrogens is 448 g/mol. The molecule has 0 radical (unpaired) electrons.